The molecule has 0 saturated heterocycles. The van der Waals surface area contributed by atoms with Crippen LogP contribution in [0.5, 0.6) is 5.75 Å². The Morgan fingerprint density at radius 2 is 1.71 bits per heavy atom. The van der Waals surface area contributed by atoms with E-state index in [2.05, 4.69) is 9.28 Å². The number of carbonyl (C=O) groups excluding carboxylic acids is 1. The fourth-order valence-corrected chi connectivity index (χ4v) is 2.04. The van der Waals surface area contributed by atoms with Crippen molar-refractivity contribution in [2.45, 2.75) is 11.7 Å². The maximum Gasteiger partial charge on any atom is 0.534 e. The summed E-state index contributed by atoms with van der Waals surface area (Å²) in [7, 11) is -6.22. The van der Waals surface area contributed by atoms with Crippen molar-refractivity contribution in [3.8, 4) is 5.75 Å². The van der Waals surface area contributed by atoms with E-state index < -0.39 is 50.4 Å². The predicted octanol–water partition coefficient (Wildman–Crippen LogP) is 0.945. The van der Waals surface area contributed by atoms with Crippen molar-refractivity contribution >= 4 is 21.6 Å². The molecule has 24 heavy (non-hydrogen) atoms. The number of carboxylic acids is 1. The monoisotopic (exact) mass is 377 g/mol. The molecule has 0 aliphatic heterocycles. The molecule has 0 aromatic carbocycles. The zero-order valence-electron chi connectivity index (χ0n) is 10.8. The van der Waals surface area contributed by atoms with Gasteiger partial charge in [0.05, 0.1) is 11.5 Å². The highest BCUT2D eigenvalue weighted by molar-refractivity contribution is 7.88. The van der Waals surface area contributed by atoms with Gasteiger partial charge in [-0.15, -0.1) is 0 Å². The third kappa shape index (κ3) is 3.22. The van der Waals surface area contributed by atoms with E-state index in [1.165, 1.54) is 0 Å². The molecular weight excluding hydrogens is 374 g/mol. The lowest BCUT2D eigenvalue weighted by molar-refractivity contribution is -0.255. The Hall–Kier alpha value is -2.51. The zero-order chi connectivity index (χ0) is 18.5. The Morgan fingerprint density at radius 3 is 2.17 bits per heavy atom. The zero-order valence-corrected chi connectivity index (χ0v) is 11.7. The van der Waals surface area contributed by atoms with Crippen LogP contribution in [0.2, 0.25) is 0 Å². The van der Waals surface area contributed by atoms with Gasteiger partial charge in [-0.05, 0) is 6.07 Å². The normalized spacial score (nSPS) is 13.2. The average Bonchev–Trinajstić information content (AvgIpc) is 2.78. The van der Waals surface area contributed by atoms with Crippen LogP contribution in [0.15, 0.2) is 18.2 Å². The van der Waals surface area contributed by atoms with Crippen LogP contribution in [0.25, 0.3) is 5.52 Å². The SMILES string of the molecule is O=C([O-])c1cc2cc(OS(=O)(=O)C(F)(F)F)cc(C(F)(F)F)n2n1. The van der Waals surface area contributed by atoms with Gasteiger partial charge in [-0.2, -0.15) is 39.9 Å². The maximum atomic E-state index is 12.9. The van der Waals surface area contributed by atoms with Gasteiger partial charge in [-0.25, -0.2) is 4.52 Å². The molecule has 0 spiro atoms. The lowest BCUT2D eigenvalue weighted by Crippen LogP contribution is -2.28. The van der Waals surface area contributed by atoms with E-state index in [-0.39, 0.29) is 10.6 Å². The fraction of sp³-hybridized carbons (Fsp3) is 0.200. The van der Waals surface area contributed by atoms with E-state index in [0.29, 0.717) is 12.1 Å². The van der Waals surface area contributed by atoms with E-state index in [4.69, 9.17) is 0 Å². The first kappa shape index (κ1) is 17.8. The van der Waals surface area contributed by atoms with Crippen molar-refractivity contribution < 1.29 is 48.8 Å². The van der Waals surface area contributed by atoms with Crippen molar-refractivity contribution in [3.05, 3.63) is 29.6 Å². The van der Waals surface area contributed by atoms with Crippen LogP contribution in [0.3, 0.4) is 0 Å². The Morgan fingerprint density at radius 1 is 1.12 bits per heavy atom. The maximum absolute atomic E-state index is 12.9. The number of rotatable bonds is 3. The quantitative estimate of drug-likeness (QED) is 0.448. The number of nitrogens with zero attached hydrogens (tertiary/aromatic N) is 2. The van der Waals surface area contributed by atoms with Crippen LogP contribution in [-0.4, -0.2) is 29.5 Å². The van der Waals surface area contributed by atoms with E-state index in [9.17, 15) is 44.7 Å². The minimum atomic E-state index is -6.22. The van der Waals surface area contributed by atoms with Gasteiger partial charge in [-0.3, -0.25) is 0 Å². The molecule has 2 aromatic heterocycles. The number of hydrogen-bond donors (Lipinski definition) is 0. The van der Waals surface area contributed by atoms with Gasteiger partial charge >= 0.3 is 21.8 Å². The van der Waals surface area contributed by atoms with Crippen LogP contribution >= 0.6 is 0 Å². The summed E-state index contributed by atoms with van der Waals surface area (Å²) in [6.07, 6.45) is -5.20. The van der Waals surface area contributed by atoms with E-state index in [1.54, 1.807) is 0 Å². The molecule has 0 aliphatic rings. The summed E-state index contributed by atoms with van der Waals surface area (Å²) in [5.74, 6) is -3.27. The summed E-state index contributed by atoms with van der Waals surface area (Å²) in [5.41, 5.74) is -9.24. The minimum absolute atomic E-state index is 0.0538. The lowest BCUT2D eigenvalue weighted by Gasteiger charge is -2.13. The molecule has 0 unspecified atom stereocenters. The van der Waals surface area contributed by atoms with Crippen LogP contribution in [0.1, 0.15) is 16.2 Å². The fourth-order valence-electron chi connectivity index (χ4n) is 1.60. The molecule has 2 rings (SSSR count). The highest BCUT2D eigenvalue weighted by Crippen LogP contribution is 2.34. The van der Waals surface area contributed by atoms with Crippen LogP contribution in [0.4, 0.5) is 26.3 Å². The van der Waals surface area contributed by atoms with E-state index in [1.807, 2.05) is 0 Å². The Balaban J connectivity index is 2.68. The summed E-state index contributed by atoms with van der Waals surface area (Å²) in [6.45, 7) is 0. The molecule has 132 valence electrons. The van der Waals surface area contributed by atoms with Gasteiger partial charge in [0.25, 0.3) is 0 Å². The Labute approximate surface area is 128 Å². The molecule has 0 radical (unpaired) electrons. The standard InChI is InChI=1S/C10H4F6N2O5S/c11-9(12,13)7-3-5(23-24(21,22)10(14,15)16)1-4-2-6(8(19)20)17-18(4)7/h1-3H,(H,19,20)/p-1. The van der Waals surface area contributed by atoms with Gasteiger partial charge < -0.3 is 14.1 Å². The molecule has 0 N–H and O–H groups in total. The van der Waals surface area contributed by atoms with Crippen molar-refractivity contribution in [2.24, 2.45) is 0 Å². The first-order chi connectivity index (χ1) is 10.7. The second-order valence-corrected chi connectivity index (χ2v) is 5.75. The van der Waals surface area contributed by atoms with Crippen molar-refractivity contribution in [1.82, 2.24) is 9.61 Å². The Bertz CT molecular complexity index is 914. The molecule has 0 fully saturated rings. The summed E-state index contributed by atoms with van der Waals surface area (Å²) in [5, 5.41) is 13.7. The smallest absolute Gasteiger partial charge is 0.534 e. The summed E-state index contributed by atoms with van der Waals surface area (Å²) in [4.78, 5) is 10.6. The molecular formula is C10H3F6N2O5S-. The minimum Gasteiger partial charge on any atom is -0.543 e. The van der Waals surface area contributed by atoms with Gasteiger partial charge in [-0.1, -0.05) is 0 Å². The first-order valence-corrected chi connectivity index (χ1v) is 6.96. The highest BCUT2D eigenvalue weighted by atomic mass is 32.2. The number of fused-ring (bicyclic) bond motifs is 1. The molecule has 2 aromatic rings. The van der Waals surface area contributed by atoms with Gasteiger partial charge in [0.15, 0.2) is 0 Å². The molecule has 0 atom stereocenters. The number of carboxylic acid groups (broad SMARTS) is 1. The molecule has 0 saturated carbocycles. The van der Waals surface area contributed by atoms with E-state index >= 15 is 0 Å². The molecule has 0 amide bonds. The predicted molar refractivity (Wildman–Crippen MR) is 60.1 cm³/mol. The second kappa shape index (κ2) is 5.25. The average molecular weight is 377 g/mol. The molecule has 14 heteroatoms. The number of pyridine rings is 1. The van der Waals surface area contributed by atoms with Gasteiger partial charge in [0.1, 0.15) is 17.1 Å². The topological polar surface area (TPSA) is 101 Å². The van der Waals surface area contributed by atoms with Crippen molar-refractivity contribution in [2.75, 3.05) is 0 Å². The summed E-state index contributed by atoms with van der Waals surface area (Å²) in [6, 6.07) is 0.915. The molecule has 2 heterocycles. The molecule has 0 aliphatic carbocycles. The van der Waals surface area contributed by atoms with Crippen LogP contribution < -0.4 is 9.29 Å². The number of aromatic carboxylic acids is 1. The number of halogens is 6. The number of aromatic nitrogens is 2. The first-order valence-electron chi connectivity index (χ1n) is 5.55. The van der Waals surface area contributed by atoms with Crippen LogP contribution in [-0.2, 0) is 16.3 Å². The third-order valence-corrected chi connectivity index (χ3v) is 3.50. The van der Waals surface area contributed by atoms with Crippen molar-refractivity contribution in [3.63, 3.8) is 0 Å². The van der Waals surface area contributed by atoms with Gasteiger partial charge in [0.2, 0.25) is 0 Å². The summed E-state index contributed by atoms with van der Waals surface area (Å²) >= 11 is 0. The number of carbonyl (C=O) groups is 1. The van der Waals surface area contributed by atoms with Crippen molar-refractivity contribution in [1.29, 1.82) is 0 Å². The largest absolute Gasteiger partial charge is 0.543 e. The number of hydrogen-bond acceptors (Lipinski definition) is 6. The molecule has 0 bridgehead atoms. The third-order valence-electron chi connectivity index (χ3n) is 2.52. The lowest BCUT2D eigenvalue weighted by atomic mass is 10.3. The molecule has 7 nitrogen and oxygen atoms in total. The Kier molecular flexibility index (Phi) is 3.90. The van der Waals surface area contributed by atoms with Gasteiger partial charge in [0, 0.05) is 12.1 Å². The summed E-state index contributed by atoms with van der Waals surface area (Å²) < 4.78 is 101. The number of alkyl halides is 6. The second-order valence-electron chi connectivity index (χ2n) is 4.21. The van der Waals surface area contributed by atoms with Crippen LogP contribution in [0, 0.1) is 0 Å². The van der Waals surface area contributed by atoms with E-state index in [0.717, 1.165) is 0 Å². The highest BCUT2D eigenvalue weighted by Gasteiger charge is 2.49.